The van der Waals surface area contributed by atoms with Gasteiger partial charge in [0.15, 0.2) is 0 Å². The number of aryl methyl sites for hydroxylation is 2. The second-order valence-electron chi connectivity index (χ2n) is 4.45. The zero-order chi connectivity index (χ0) is 14.5. The molecule has 0 aliphatic rings. The minimum Gasteiger partial charge on any atom is -0.493 e. The minimum atomic E-state index is 0.420. The highest BCUT2D eigenvalue weighted by Gasteiger charge is 2.10. The van der Waals surface area contributed by atoms with Gasteiger partial charge in [0.1, 0.15) is 10.7 Å². The second kappa shape index (κ2) is 6.81. The molecule has 1 heterocycles. The van der Waals surface area contributed by atoms with Crippen LogP contribution in [-0.2, 0) is 12.8 Å². The molecule has 0 radical (unpaired) electrons. The number of para-hydroxylation sites is 1. The molecule has 0 bridgehead atoms. The molecular weight excluding hydrogens is 288 g/mol. The van der Waals surface area contributed by atoms with Crippen molar-refractivity contribution in [1.82, 2.24) is 4.98 Å². The molecule has 5 heteroatoms. The first kappa shape index (κ1) is 14.9. The Morgan fingerprint density at radius 3 is 2.80 bits per heavy atom. The van der Waals surface area contributed by atoms with Gasteiger partial charge in [0, 0.05) is 6.42 Å². The molecule has 1 aromatic heterocycles. The van der Waals surface area contributed by atoms with E-state index in [2.05, 4.69) is 18.0 Å². The molecule has 0 aliphatic carbocycles. The summed E-state index contributed by atoms with van der Waals surface area (Å²) in [5.41, 5.74) is 7.79. The van der Waals surface area contributed by atoms with Gasteiger partial charge in [-0.1, -0.05) is 37.3 Å². The van der Waals surface area contributed by atoms with Crippen LogP contribution >= 0.6 is 23.6 Å². The van der Waals surface area contributed by atoms with Gasteiger partial charge in [-0.3, -0.25) is 0 Å². The highest BCUT2D eigenvalue weighted by Crippen LogP contribution is 2.21. The fourth-order valence-corrected chi connectivity index (χ4v) is 3.14. The minimum absolute atomic E-state index is 0.420. The Morgan fingerprint density at radius 1 is 1.40 bits per heavy atom. The summed E-state index contributed by atoms with van der Waals surface area (Å²) in [6.45, 7) is 4.67. The molecule has 1 aromatic carbocycles. The lowest BCUT2D eigenvalue weighted by atomic mass is 10.1. The highest BCUT2D eigenvalue weighted by molar-refractivity contribution is 7.81. The number of aromatic nitrogens is 1. The maximum atomic E-state index is 5.84. The second-order valence-corrected chi connectivity index (χ2v) is 5.97. The Kier molecular flexibility index (Phi) is 5.09. The molecule has 3 nitrogen and oxygen atoms in total. The standard InChI is InChI=1S/C15H18N2OS2/c1-3-11-6-4-5-7-12(11)18-9-8-13-17-10(2)14(20-13)15(16)19/h4-7H,3,8-9H2,1-2H3,(H2,16,19). The molecule has 0 unspecified atom stereocenters. The van der Waals surface area contributed by atoms with Crippen molar-refractivity contribution in [2.24, 2.45) is 5.73 Å². The summed E-state index contributed by atoms with van der Waals surface area (Å²) in [5, 5.41) is 1.01. The Hall–Kier alpha value is -1.46. The van der Waals surface area contributed by atoms with Gasteiger partial charge in [0.2, 0.25) is 0 Å². The van der Waals surface area contributed by atoms with Gasteiger partial charge >= 0.3 is 0 Å². The fourth-order valence-electron chi connectivity index (χ4n) is 1.97. The molecule has 0 atom stereocenters. The molecule has 20 heavy (non-hydrogen) atoms. The predicted octanol–water partition coefficient (Wildman–Crippen LogP) is 3.27. The van der Waals surface area contributed by atoms with Crippen molar-refractivity contribution >= 4 is 28.5 Å². The third kappa shape index (κ3) is 3.55. The number of hydrogen-bond donors (Lipinski definition) is 1. The van der Waals surface area contributed by atoms with Crippen LogP contribution in [0.4, 0.5) is 0 Å². The van der Waals surface area contributed by atoms with Crippen molar-refractivity contribution in [1.29, 1.82) is 0 Å². The molecule has 0 fully saturated rings. The smallest absolute Gasteiger partial charge is 0.122 e. The summed E-state index contributed by atoms with van der Waals surface area (Å²) < 4.78 is 5.84. The Bertz CT molecular complexity index is 608. The summed E-state index contributed by atoms with van der Waals surface area (Å²) in [7, 11) is 0. The molecular formula is C15H18N2OS2. The maximum Gasteiger partial charge on any atom is 0.122 e. The van der Waals surface area contributed by atoms with E-state index in [9.17, 15) is 0 Å². The average molecular weight is 306 g/mol. The first-order chi connectivity index (χ1) is 9.61. The third-order valence-corrected chi connectivity index (χ3v) is 4.58. The quantitative estimate of drug-likeness (QED) is 0.832. The summed E-state index contributed by atoms with van der Waals surface area (Å²) in [6, 6.07) is 8.12. The van der Waals surface area contributed by atoms with Crippen LogP contribution < -0.4 is 10.5 Å². The number of hydrogen-bond acceptors (Lipinski definition) is 4. The van der Waals surface area contributed by atoms with E-state index in [1.807, 2.05) is 25.1 Å². The SMILES string of the molecule is CCc1ccccc1OCCc1nc(C)c(C(N)=S)s1. The van der Waals surface area contributed by atoms with Crippen LogP contribution in [0.15, 0.2) is 24.3 Å². The van der Waals surface area contributed by atoms with Crippen molar-refractivity contribution in [3.63, 3.8) is 0 Å². The largest absolute Gasteiger partial charge is 0.493 e. The van der Waals surface area contributed by atoms with Gasteiger partial charge < -0.3 is 10.5 Å². The summed E-state index contributed by atoms with van der Waals surface area (Å²) in [5.74, 6) is 0.956. The molecule has 0 amide bonds. The van der Waals surface area contributed by atoms with Crippen LogP contribution in [-0.4, -0.2) is 16.6 Å². The van der Waals surface area contributed by atoms with Crippen molar-refractivity contribution in [3.8, 4) is 5.75 Å². The lowest BCUT2D eigenvalue weighted by molar-refractivity contribution is 0.318. The van der Waals surface area contributed by atoms with E-state index in [0.717, 1.165) is 34.2 Å². The van der Waals surface area contributed by atoms with Crippen LogP contribution in [0, 0.1) is 6.92 Å². The Labute approximate surface area is 128 Å². The number of nitrogens with two attached hydrogens (primary N) is 1. The van der Waals surface area contributed by atoms with Crippen molar-refractivity contribution in [3.05, 3.63) is 45.4 Å². The van der Waals surface area contributed by atoms with E-state index in [1.54, 1.807) is 11.3 Å². The van der Waals surface area contributed by atoms with Crippen LogP contribution in [0.2, 0.25) is 0 Å². The van der Waals surface area contributed by atoms with Crippen molar-refractivity contribution in [2.45, 2.75) is 26.7 Å². The normalized spacial score (nSPS) is 10.5. The monoisotopic (exact) mass is 306 g/mol. The predicted molar refractivity (Wildman–Crippen MR) is 87.8 cm³/mol. The third-order valence-electron chi connectivity index (χ3n) is 2.99. The molecule has 0 spiro atoms. The number of thiazole rings is 1. The van der Waals surface area contributed by atoms with Crippen LogP contribution in [0.1, 0.15) is 28.1 Å². The van der Waals surface area contributed by atoms with Gasteiger partial charge in [-0.25, -0.2) is 4.98 Å². The average Bonchev–Trinajstić information content (AvgIpc) is 2.80. The van der Waals surface area contributed by atoms with Crippen LogP contribution in [0.25, 0.3) is 0 Å². The fraction of sp³-hybridized carbons (Fsp3) is 0.333. The topological polar surface area (TPSA) is 48.1 Å². The van der Waals surface area contributed by atoms with E-state index in [-0.39, 0.29) is 0 Å². The lowest BCUT2D eigenvalue weighted by Crippen LogP contribution is -2.08. The van der Waals surface area contributed by atoms with Gasteiger partial charge in [-0.05, 0) is 25.0 Å². The molecule has 0 aliphatic heterocycles. The molecule has 2 aromatic rings. The molecule has 0 saturated heterocycles. The molecule has 0 saturated carbocycles. The maximum absolute atomic E-state index is 5.84. The number of thiocarbonyl (C=S) groups is 1. The first-order valence-electron chi connectivity index (χ1n) is 6.58. The van der Waals surface area contributed by atoms with Crippen LogP contribution in [0.3, 0.4) is 0 Å². The van der Waals surface area contributed by atoms with Gasteiger partial charge in [0.25, 0.3) is 0 Å². The number of rotatable bonds is 6. The van der Waals surface area contributed by atoms with E-state index in [4.69, 9.17) is 22.7 Å². The van der Waals surface area contributed by atoms with E-state index < -0.39 is 0 Å². The van der Waals surface area contributed by atoms with Crippen LogP contribution in [0.5, 0.6) is 5.75 Å². The number of nitrogens with zero attached hydrogens (tertiary/aromatic N) is 1. The summed E-state index contributed by atoms with van der Waals surface area (Å²) in [6.07, 6.45) is 1.74. The first-order valence-corrected chi connectivity index (χ1v) is 7.81. The van der Waals surface area contributed by atoms with E-state index in [0.29, 0.717) is 11.6 Å². The van der Waals surface area contributed by atoms with Gasteiger partial charge in [0.05, 0.1) is 22.2 Å². The number of ether oxygens (including phenoxy) is 1. The Balaban J connectivity index is 1.96. The van der Waals surface area contributed by atoms with Crippen molar-refractivity contribution < 1.29 is 4.74 Å². The van der Waals surface area contributed by atoms with Gasteiger partial charge in [-0.2, -0.15) is 0 Å². The zero-order valence-electron chi connectivity index (χ0n) is 11.7. The summed E-state index contributed by atoms with van der Waals surface area (Å²) in [4.78, 5) is 5.80. The number of benzene rings is 1. The molecule has 2 N–H and O–H groups in total. The van der Waals surface area contributed by atoms with E-state index in [1.165, 1.54) is 5.56 Å². The molecule has 2 rings (SSSR count). The lowest BCUT2D eigenvalue weighted by Gasteiger charge is -2.09. The Morgan fingerprint density at radius 2 is 2.15 bits per heavy atom. The summed E-state index contributed by atoms with van der Waals surface area (Å²) >= 11 is 6.56. The molecule has 106 valence electrons. The zero-order valence-corrected chi connectivity index (χ0v) is 13.3. The van der Waals surface area contributed by atoms with E-state index >= 15 is 0 Å². The van der Waals surface area contributed by atoms with Crippen molar-refractivity contribution in [2.75, 3.05) is 6.61 Å². The highest BCUT2D eigenvalue weighted by atomic mass is 32.1. The van der Waals surface area contributed by atoms with Gasteiger partial charge in [-0.15, -0.1) is 11.3 Å².